The van der Waals surface area contributed by atoms with Crippen molar-refractivity contribution in [3.05, 3.63) is 42.1 Å². The SMILES string of the molecule is Cc1cc(N2CCN(C(=O)Nc3cccnc3)CC2)nc(C(C)C)n1. The lowest BCUT2D eigenvalue weighted by Crippen LogP contribution is -2.50. The highest BCUT2D eigenvalue weighted by Crippen LogP contribution is 2.19. The van der Waals surface area contributed by atoms with E-state index in [2.05, 4.69) is 39.0 Å². The van der Waals surface area contributed by atoms with E-state index in [4.69, 9.17) is 0 Å². The molecule has 0 unspecified atom stereocenters. The number of nitrogens with zero attached hydrogens (tertiary/aromatic N) is 5. The van der Waals surface area contributed by atoms with Gasteiger partial charge in [0.25, 0.3) is 0 Å². The molecule has 2 aromatic heterocycles. The number of nitrogens with one attached hydrogen (secondary N) is 1. The van der Waals surface area contributed by atoms with Gasteiger partial charge in [0.05, 0.1) is 11.9 Å². The molecular formula is C18H24N6O. The molecule has 0 radical (unpaired) electrons. The monoisotopic (exact) mass is 340 g/mol. The summed E-state index contributed by atoms with van der Waals surface area (Å²) < 4.78 is 0. The van der Waals surface area contributed by atoms with Crippen LogP contribution in [0.2, 0.25) is 0 Å². The maximum Gasteiger partial charge on any atom is 0.322 e. The summed E-state index contributed by atoms with van der Waals surface area (Å²) in [6.45, 7) is 9.02. The Hall–Kier alpha value is -2.70. The van der Waals surface area contributed by atoms with Crippen LogP contribution in [0.4, 0.5) is 16.3 Å². The van der Waals surface area contributed by atoms with Gasteiger partial charge in [-0.2, -0.15) is 0 Å². The maximum atomic E-state index is 12.4. The fourth-order valence-corrected chi connectivity index (χ4v) is 2.77. The van der Waals surface area contributed by atoms with E-state index in [1.54, 1.807) is 18.5 Å². The minimum atomic E-state index is -0.0885. The highest BCUT2D eigenvalue weighted by atomic mass is 16.2. The number of urea groups is 1. The van der Waals surface area contributed by atoms with E-state index >= 15 is 0 Å². The molecule has 0 spiro atoms. The van der Waals surface area contributed by atoms with Gasteiger partial charge < -0.3 is 15.1 Å². The number of rotatable bonds is 3. The van der Waals surface area contributed by atoms with Gasteiger partial charge in [0.15, 0.2) is 0 Å². The van der Waals surface area contributed by atoms with Crippen molar-refractivity contribution < 1.29 is 4.79 Å². The standard InChI is InChI=1S/C18H24N6O/c1-13(2)17-20-14(3)11-16(22-17)23-7-9-24(10-8-23)18(25)21-15-5-4-6-19-12-15/h4-6,11-13H,7-10H2,1-3H3,(H,21,25). The average Bonchev–Trinajstić information content (AvgIpc) is 2.62. The van der Waals surface area contributed by atoms with Crippen LogP contribution in [0.3, 0.4) is 0 Å². The lowest BCUT2D eigenvalue weighted by atomic mass is 10.2. The molecule has 2 aromatic rings. The van der Waals surface area contributed by atoms with E-state index in [1.807, 2.05) is 24.0 Å². The van der Waals surface area contributed by atoms with Gasteiger partial charge in [0, 0.05) is 50.1 Å². The summed E-state index contributed by atoms with van der Waals surface area (Å²) in [4.78, 5) is 29.6. The van der Waals surface area contributed by atoms with Gasteiger partial charge in [-0.25, -0.2) is 14.8 Å². The van der Waals surface area contributed by atoms with Gasteiger partial charge in [-0.1, -0.05) is 13.8 Å². The first-order chi connectivity index (χ1) is 12.0. The third-order valence-electron chi connectivity index (χ3n) is 4.18. The minimum absolute atomic E-state index is 0.0885. The van der Waals surface area contributed by atoms with E-state index in [9.17, 15) is 4.79 Å². The zero-order valence-electron chi connectivity index (χ0n) is 14.9. The van der Waals surface area contributed by atoms with E-state index in [0.717, 1.165) is 30.4 Å². The van der Waals surface area contributed by atoms with Crippen LogP contribution < -0.4 is 10.2 Å². The van der Waals surface area contributed by atoms with Gasteiger partial charge in [0.1, 0.15) is 11.6 Å². The van der Waals surface area contributed by atoms with Gasteiger partial charge in [-0.05, 0) is 19.1 Å². The molecule has 1 fully saturated rings. The average molecular weight is 340 g/mol. The first-order valence-electron chi connectivity index (χ1n) is 8.59. The van der Waals surface area contributed by atoms with Crippen molar-refractivity contribution >= 4 is 17.5 Å². The molecule has 1 saturated heterocycles. The Balaban J connectivity index is 1.61. The molecule has 0 aliphatic carbocycles. The number of hydrogen-bond donors (Lipinski definition) is 1. The summed E-state index contributed by atoms with van der Waals surface area (Å²) >= 11 is 0. The molecule has 3 heterocycles. The third kappa shape index (κ3) is 4.23. The Morgan fingerprint density at radius 3 is 2.60 bits per heavy atom. The summed E-state index contributed by atoms with van der Waals surface area (Å²) in [5.74, 6) is 2.11. The summed E-state index contributed by atoms with van der Waals surface area (Å²) in [6, 6.07) is 5.56. The van der Waals surface area contributed by atoms with Crippen molar-refractivity contribution in [2.75, 3.05) is 36.4 Å². The Morgan fingerprint density at radius 2 is 1.96 bits per heavy atom. The van der Waals surface area contributed by atoms with Crippen molar-refractivity contribution in [2.45, 2.75) is 26.7 Å². The van der Waals surface area contributed by atoms with Gasteiger partial charge >= 0.3 is 6.03 Å². The predicted molar refractivity (Wildman–Crippen MR) is 97.9 cm³/mol. The molecule has 3 rings (SSSR count). The van der Waals surface area contributed by atoms with Crippen LogP contribution in [0.15, 0.2) is 30.6 Å². The van der Waals surface area contributed by atoms with Crippen molar-refractivity contribution in [2.24, 2.45) is 0 Å². The molecule has 7 nitrogen and oxygen atoms in total. The largest absolute Gasteiger partial charge is 0.353 e. The summed E-state index contributed by atoms with van der Waals surface area (Å²) in [6.07, 6.45) is 3.33. The normalized spacial score (nSPS) is 14.7. The van der Waals surface area contributed by atoms with E-state index in [1.165, 1.54) is 0 Å². The molecule has 1 aliphatic rings. The predicted octanol–water partition coefficient (Wildman–Crippen LogP) is 2.66. The number of anilines is 2. The van der Waals surface area contributed by atoms with Gasteiger partial charge in [-0.15, -0.1) is 0 Å². The second-order valence-electron chi connectivity index (χ2n) is 6.53. The number of amides is 2. The molecule has 0 saturated carbocycles. The Bertz CT molecular complexity index is 726. The lowest BCUT2D eigenvalue weighted by molar-refractivity contribution is 0.208. The first kappa shape index (κ1) is 17.1. The van der Waals surface area contributed by atoms with Crippen LogP contribution in [0.25, 0.3) is 0 Å². The van der Waals surface area contributed by atoms with Crippen molar-refractivity contribution in [3.8, 4) is 0 Å². The second kappa shape index (κ2) is 7.46. The number of hydrogen-bond acceptors (Lipinski definition) is 5. The van der Waals surface area contributed by atoms with Crippen LogP contribution in [-0.4, -0.2) is 52.1 Å². The summed E-state index contributed by atoms with van der Waals surface area (Å²) in [7, 11) is 0. The lowest BCUT2D eigenvalue weighted by Gasteiger charge is -2.35. The van der Waals surface area contributed by atoms with Crippen molar-refractivity contribution in [3.63, 3.8) is 0 Å². The Labute approximate surface area is 148 Å². The highest BCUT2D eigenvalue weighted by molar-refractivity contribution is 5.89. The van der Waals surface area contributed by atoms with Crippen molar-refractivity contribution in [1.82, 2.24) is 19.9 Å². The number of carbonyl (C=O) groups is 1. The molecule has 2 amide bonds. The highest BCUT2D eigenvalue weighted by Gasteiger charge is 2.22. The van der Waals surface area contributed by atoms with Crippen LogP contribution >= 0.6 is 0 Å². The Morgan fingerprint density at radius 1 is 1.20 bits per heavy atom. The number of carbonyl (C=O) groups excluding carboxylic acids is 1. The number of aryl methyl sites for hydroxylation is 1. The molecule has 1 N–H and O–H groups in total. The minimum Gasteiger partial charge on any atom is -0.353 e. The Kier molecular flexibility index (Phi) is 5.11. The molecule has 0 atom stereocenters. The number of piperazine rings is 1. The fourth-order valence-electron chi connectivity index (χ4n) is 2.77. The summed E-state index contributed by atoms with van der Waals surface area (Å²) in [5, 5.41) is 2.88. The number of pyridine rings is 1. The van der Waals surface area contributed by atoms with Crippen LogP contribution in [0.5, 0.6) is 0 Å². The van der Waals surface area contributed by atoms with Crippen molar-refractivity contribution in [1.29, 1.82) is 0 Å². The molecule has 0 aromatic carbocycles. The molecule has 132 valence electrons. The van der Waals surface area contributed by atoms with Gasteiger partial charge in [0.2, 0.25) is 0 Å². The fraction of sp³-hybridized carbons (Fsp3) is 0.444. The third-order valence-corrected chi connectivity index (χ3v) is 4.18. The molecule has 7 heteroatoms. The van der Waals surface area contributed by atoms with Crippen LogP contribution in [0, 0.1) is 6.92 Å². The second-order valence-corrected chi connectivity index (χ2v) is 6.53. The number of aromatic nitrogens is 3. The smallest absolute Gasteiger partial charge is 0.322 e. The molecular weight excluding hydrogens is 316 g/mol. The van der Waals surface area contributed by atoms with E-state index in [-0.39, 0.29) is 6.03 Å². The quantitative estimate of drug-likeness (QED) is 0.930. The topological polar surface area (TPSA) is 74.2 Å². The molecule has 25 heavy (non-hydrogen) atoms. The van der Waals surface area contributed by atoms with E-state index in [0.29, 0.717) is 24.7 Å². The first-order valence-corrected chi connectivity index (χ1v) is 8.59. The van der Waals surface area contributed by atoms with Crippen LogP contribution in [0.1, 0.15) is 31.3 Å². The molecule has 0 bridgehead atoms. The summed E-state index contributed by atoms with van der Waals surface area (Å²) in [5.41, 5.74) is 1.69. The zero-order chi connectivity index (χ0) is 17.8. The zero-order valence-corrected chi connectivity index (χ0v) is 14.9. The van der Waals surface area contributed by atoms with Crippen LogP contribution in [-0.2, 0) is 0 Å². The molecule has 1 aliphatic heterocycles. The van der Waals surface area contributed by atoms with E-state index < -0.39 is 0 Å². The maximum absolute atomic E-state index is 12.4. The van der Waals surface area contributed by atoms with Gasteiger partial charge in [-0.3, -0.25) is 4.98 Å².